The number of nitrogens with one attached hydrogen (secondary N) is 2. The van der Waals surface area contributed by atoms with Gasteiger partial charge in [-0.1, -0.05) is 30.3 Å². The molecule has 0 bridgehead atoms. The normalized spacial score (nSPS) is 15.2. The van der Waals surface area contributed by atoms with Crippen molar-refractivity contribution < 1.29 is 9.53 Å². The average molecular weight is 517 g/mol. The molecule has 0 atom stereocenters. The van der Waals surface area contributed by atoms with Gasteiger partial charge in [-0.25, -0.2) is 0 Å². The lowest BCUT2D eigenvalue weighted by Gasteiger charge is -2.36. The van der Waals surface area contributed by atoms with E-state index in [-0.39, 0.29) is 35.9 Å². The molecule has 1 aromatic rings. The third kappa shape index (κ3) is 10.3. The van der Waals surface area contributed by atoms with Gasteiger partial charge >= 0.3 is 0 Å². The minimum Gasteiger partial charge on any atom is -0.375 e. The SMILES string of the molecule is CCNC(=NCCOCc1ccccc1)N1CCN(CC(=O)NC(C)C)CC1.I. The summed E-state index contributed by atoms with van der Waals surface area (Å²) in [6.45, 7) is 12.6. The van der Waals surface area contributed by atoms with Gasteiger partial charge in [0, 0.05) is 38.8 Å². The highest BCUT2D eigenvalue weighted by atomic mass is 127. The Labute approximate surface area is 192 Å². The molecule has 2 N–H and O–H groups in total. The number of rotatable bonds is 9. The molecule has 1 aromatic carbocycles. The van der Waals surface area contributed by atoms with Crippen LogP contribution in [0, 0.1) is 0 Å². The van der Waals surface area contributed by atoms with Crippen LogP contribution in [0.2, 0.25) is 0 Å². The summed E-state index contributed by atoms with van der Waals surface area (Å²) in [5, 5.41) is 6.32. The molecular weight excluding hydrogens is 481 g/mol. The highest BCUT2D eigenvalue weighted by molar-refractivity contribution is 14.0. The number of guanidine groups is 1. The van der Waals surface area contributed by atoms with Gasteiger partial charge in [0.2, 0.25) is 5.91 Å². The highest BCUT2D eigenvalue weighted by Gasteiger charge is 2.21. The first-order valence-corrected chi connectivity index (χ1v) is 10.2. The predicted molar refractivity (Wildman–Crippen MR) is 129 cm³/mol. The van der Waals surface area contributed by atoms with Gasteiger partial charge in [0.1, 0.15) is 0 Å². The third-order valence-corrected chi connectivity index (χ3v) is 4.43. The van der Waals surface area contributed by atoms with Gasteiger partial charge < -0.3 is 20.3 Å². The van der Waals surface area contributed by atoms with Crippen molar-refractivity contribution in [3.8, 4) is 0 Å². The van der Waals surface area contributed by atoms with E-state index in [2.05, 4.69) is 39.5 Å². The number of hydrogen-bond acceptors (Lipinski definition) is 4. The molecule has 0 aliphatic carbocycles. The minimum absolute atomic E-state index is 0. The fourth-order valence-corrected chi connectivity index (χ4v) is 3.09. The summed E-state index contributed by atoms with van der Waals surface area (Å²) in [4.78, 5) is 21.1. The lowest BCUT2D eigenvalue weighted by atomic mass is 10.2. The van der Waals surface area contributed by atoms with Gasteiger partial charge in [0.15, 0.2) is 5.96 Å². The van der Waals surface area contributed by atoms with Crippen molar-refractivity contribution >= 4 is 35.8 Å². The van der Waals surface area contributed by atoms with E-state index in [4.69, 9.17) is 9.73 Å². The molecule has 0 aromatic heterocycles. The first-order valence-electron chi connectivity index (χ1n) is 10.2. The van der Waals surface area contributed by atoms with Crippen LogP contribution in [0.5, 0.6) is 0 Å². The van der Waals surface area contributed by atoms with Gasteiger partial charge in [-0.3, -0.25) is 14.7 Å². The molecule has 0 radical (unpaired) electrons. The highest BCUT2D eigenvalue weighted by Crippen LogP contribution is 2.03. The second-order valence-corrected chi connectivity index (χ2v) is 7.26. The second kappa shape index (κ2) is 14.6. The first kappa shape index (κ1) is 25.6. The monoisotopic (exact) mass is 517 g/mol. The molecule has 164 valence electrons. The predicted octanol–water partition coefficient (Wildman–Crippen LogP) is 1.93. The Hall–Kier alpha value is -1.39. The molecular formula is C21H36IN5O2. The van der Waals surface area contributed by atoms with E-state index < -0.39 is 0 Å². The van der Waals surface area contributed by atoms with Crippen LogP contribution in [-0.4, -0.2) is 80.1 Å². The van der Waals surface area contributed by atoms with Crippen molar-refractivity contribution in [1.82, 2.24) is 20.4 Å². The quantitative estimate of drug-likeness (QED) is 0.227. The van der Waals surface area contributed by atoms with Crippen LogP contribution in [0.4, 0.5) is 0 Å². The summed E-state index contributed by atoms with van der Waals surface area (Å²) in [5.41, 5.74) is 1.18. The maximum absolute atomic E-state index is 11.9. The average Bonchev–Trinajstić information content (AvgIpc) is 2.68. The van der Waals surface area contributed by atoms with Crippen molar-refractivity contribution in [1.29, 1.82) is 0 Å². The first-order chi connectivity index (χ1) is 13.6. The lowest BCUT2D eigenvalue weighted by Crippen LogP contribution is -2.54. The molecule has 1 fully saturated rings. The third-order valence-electron chi connectivity index (χ3n) is 4.43. The zero-order valence-electron chi connectivity index (χ0n) is 17.9. The molecule has 0 unspecified atom stereocenters. The van der Waals surface area contributed by atoms with E-state index in [9.17, 15) is 4.79 Å². The summed E-state index contributed by atoms with van der Waals surface area (Å²) in [6.07, 6.45) is 0. The van der Waals surface area contributed by atoms with E-state index in [1.165, 1.54) is 5.56 Å². The fourth-order valence-electron chi connectivity index (χ4n) is 3.09. The summed E-state index contributed by atoms with van der Waals surface area (Å²) in [7, 11) is 0. The van der Waals surface area contributed by atoms with Crippen LogP contribution in [0.15, 0.2) is 35.3 Å². The Kier molecular flexibility index (Phi) is 12.9. The van der Waals surface area contributed by atoms with Gasteiger partial charge in [0.05, 0.1) is 26.3 Å². The van der Waals surface area contributed by atoms with Crippen LogP contribution >= 0.6 is 24.0 Å². The number of carbonyl (C=O) groups excluding carboxylic acids is 1. The fraction of sp³-hybridized carbons (Fsp3) is 0.619. The Morgan fingerprint density at radius 3 is 2.48 bits per heavy atom. The summed E-state index contributed by atoms with van der Waals surface area (Å²) in [5.74, 6) is 1.02. The van der Waals surface area contributed by atoms with E-state index in [1.54, 1.807) is 0 Å². The van der Waals surface area contributed by atoms with E-state index >= 15 is 0 Å². The zero-order valence-corrected chi connectivity index (χ0v) is 20.2. The Bertz CT molecular complexity index is 604. The van der Waals surface area contributed by atoms with Crippen LogP contribution < -0.4 is 10.6 Å². The van der Waals surface area contributed by atoms with Crippen molar-refractivity contribution in [3.63, 3.8) is 0 Å². The maximum atomic E-state index is 11.9. The molecule has 7 nitrogen and oxygen atoms in total. The van der Waals surface area contributed by atoms with Gasteiger partial charge in [-0.15, -0.1) is 24.0 Å². The number of carbonyl (C=O) groups is 1. The summed E-state index contributed by atoms with van der Waals surface area (Å²) in [6, 6.07) is 10.4. The Balaban J connectivity index is 0.00000420. The topological polar surface area (TPSA) is 69.2 Å². The number of piperazine rings is 1. The number of halogens is 1. The standard InChI is InChI=1S/C21H35N5O2.HI/c1-4-22-21(23-10-15-28-17-19-8-6-5-7-9-19)26-13-11-25(12-14-26)16-20(27)24-18(2)3;/h5-9,18H,4,10-17H2,1-3H3,(H,22,23)(H,24,27);1H. The Morgan fingerprint density at radius 1 is 1.17 bits per heavy atom. The van der Waals surface area contributed by atoms with Crippen molar-refractivity contribution in [2.75, 3.05) is 52.4 Å². The molecule has 1 saturated heterocycles. The van der Waals surface area contributed by atoms with Crippen LogP contribution in [-0.2, 0) is 16.1 Å². The second-order valence-electron chi connectivity index (χ2n) is 7.26. The molecule has 2 rings (SSSR count). The Morgan fingerprint density at radius 2 is 1.86 bits per heavy atom. The molecule has 0 spiro atoms. The van der Waals surface area contributed by atoms with Gasteiger partial charge in [0.25, 0.3) is 0 Å². The number of hydrogen-bond donors (Lipinski definition) is 2. The summed E-state index contributed by atoms with van der Waals surface area (Å²) < 4.78 is 5.72. The number of ether oxygens (including phenoxy) is 1. The van der Waals surface area contributed by atoms with Gasteiger partial charge in [-0.2, -0.15) is 0 Å². The largest absolute Gasteiger partial charge is 0.375 e. The van der Waals surface area contributed by atoms with Crippen LogP contribution in [0.25, 0.3) is 0 Å². The molecule has 0 saturated carbocycles. The van der Waals surface area contributed by atoms with E-state index in [0.717, 1.165) is 38.7 Å². The molecule has 1 aliphatic heterocycles. The lowest BCUT2D eigenvalue weighted by molar-refractivity contribution is -0.123. The number of nitrogens with zero attached hydrogens (tertiary/aromatic N) is 3. The molecule has 1 amide bonds. The van der Waals surface area contributed by atoms with E-state index in [1.807, 2.05) is 32.0 Å². The van der Waals surface area contributed by atoms with Crippen molar-refractivity contribution in [2.45, 2.75) is 33.4 Å². The number of aliphatic imine (C=N–C) groups is 1. The van der Waals surface area contributed by atoms with Crippen LogP contribution in [0.3, 0.4) is 0 Å². The summed E-state index contributed by atoms with van der Waals surface area (Å²) >= 11 is 0. The molecule has 1 aliphatic rings. The maximum Gasteiger partial charge on any atom is 0.234 e. The molecule has 29 heavy (non-hydrogen) atoms. The van der Waals surface area contributed by atoms with Crippen molar-refractivity contribution in [3.05, 3.63) is 35.9 Å². The minimum atomic E-state index is 0. The van der Waals surface area contributed by atoms with Gasteiger partial charge in [-0.05, 0) is 26.3 Å². The smallest absolute Gasteiger partial charge is 0.234 e. The molecule has 1 heterocycles. The van der Waals surface area contributed by atoms with Crippen molar-refractivity contribution in [2.24, 2.45) is 4.99 Å². The van der Waals surface area contributed by atoms with E-state index in [0.29, 0.717) is 26.3 Å². The molecule has 8 heteroatoms. The number of benzene rings is 1. The van der Waals surface area contributed by atoms with Crippen LogP contribution in [0.1, 0.15) is 26.3 Å². The number of amides is 1. The zero-order chi connectivity index (χ0) is 20.2.